The molecule has 1 aliphatic rings. The van der Waals surface area contributed by atoms with E-state index < -0.39 is 18.0 Å². The summed E-state index contributed by atoms with van der Waals surface area (Å²) in [5, 5.41) is 6.46. The number of nitrogens with zero attached hydrogens (tertiary/aromatic N) is 2. The first kappa shape index (κ1) is 18.2. The Morgan fingerprint density at radius 2 is 2.08 bits per heavy atom. The van der Waals surface area contributed by atoms with Crippen molar-refractivity contribution in [3.8, 4) is 0 Å². The second-order valence-electron chi connectivity index (χ2n) is 5.96. The van der Waals surface area contributed by atoms with Gasteiger partial charge in [-0.2, -0.15) is 5.10 Å². The predicted molar refractivity (Wildman–Crippen MR) is 96.7 cm³/mol. The van der Waals surface area contributed by atoms with Crippen molar-refractivity contribution < 1.29 is 18.7 Å². The van der Waals surface area contributed by atoms with Gasteiger partial charge in [-0.05, 0) is 36.8 Å². The third-order valence-corrected chi connectivity index (χ3v) is 4.38. The van der Waals surface area contributed by atoms with Crippen LogP contribution in [0.3, 0.4) is 0 Å². The second-order valence-corrected chi connectivity index (χ2v) is 6.39. The smallest absolute Gasteiger partial charge is 0.306 e. The van der Waals surface area contributed by atoms with Crippen LogP contribution in [0.4, 0.5) is 0 Å². The van der Waals surface area contributed by atoms with Gasteiger partial charge in [0.1, 0.15) is 11.8 Å². The number of hydrazone groups is 1. The Kier molecular flexibility index (Phi) is 5.42. The number of carbonyl (C=O) groups excluding carboxylic acids is 2. The molecular formula is C19H19ClN2O4. The van der Waals surface area contributed by atoms with Crippen LogP contribution < -0.4 is 0 Å². The van der Waals surface area contributed by atoms with Gasteiger partial charge in [0, 0.05) is 17.9 Å². The molecule has 0 fully saturated rings. The number of furan rings is 1. The molecule has 0 bridgehead atoms. The van der Waals surface area contributed by atoms with Gasteiger partial charge in [-0.25, -0.2) is 5.01 Å². The van der Waals surface area contributed by atoms with Crippen molar-refractivity contribution in [2.45, 2.75) is 38.8 Å². The quantitative estimate of drug-likeness (QED) is 0.743. The van der Waals surface area contributed by atoms with Crippen molar-refractivity contribution in [2.75, 3.05) is 0 Å². The fourth-order valence-corrected chi connectivity index (χ4v) is 2.88. The van der Waals surface area contributed by atoms with Gasteiger partial charge in [-0.3, -0.25) is 9.59 Å². The molecule has 0 radical (unpaired) electrons. The number of benzene rings is 1. The van der Waals surface area contributed by atoms with E-state index >= 15 is 0 Å². The van der Waals surface area contributed by atoms with Gasteiger partial charge in [0.2, 0.25) is 0 Å². The van der Waals surface area contributed by atoms with Crippen molar-refractivity contribution in [3.05, 3.63) is 59.0 Å². The van der Waals surface area contributed by atoms with E-state index in [1.54, 1.807) is 44.4 Å². The number of hydrogen-bond donors (Lipinski definition) is 0. The Balaban J connectivity index is 1.88. The van der Waals surface area contributed by atoms with Gasteiger partial charge in [-0.15, -0.1) is 0 Å². The number of esters is 1. The first-order chi connectivity index (χ1) is 12.5. The third kappa shape index (κ3) is 3.80. The molecule has 0 saturated carbocycles. The fraction of sp³-hybridized carbons (Fsp3) is 0.316. The summed E-state index contributed by atoms with van der Waals surface area (Å²) >= 11 is 5.94. The van der Waals surface area contributed by atoms with Crippen LogP contribution in [0, 0.1) is 0 Å². The number of carbonyl (C=O) groups is 2. The maximum atomic E-state index is 12.8. The standard InChI is InChI=1S/C19H19ClN2O4/c1-3-18(23)26-12(2)19(24)22-16(17-5-4-10-25-17)11-15(21-22)13-6-8-14(20)9-7-13/h4-10,12,16H,3,11H2,1-2H3/t12-,16-/m0/s1. The minimum absolute atomic E-state index is 0.207. The highest BCUT2D eigenvalue weighted by Gasteiger charge is 2.37. The largest absolute Gasteiger partial charge is 0.467 e. The first-order valence-corrected chi connectivity index (χ1v) is 8.76. The van der Waals surface area contributed by atoms with Gasteiger partial charge < -0.3 is 9.15 Å². The number of hydrogen-bond acceptors (Lipinski definition) is 5. The van der Waals surface area contributed by atoms with Crippen molar-refractivity contribution in [1.82, 2.24) is 5.01 Å². The molecule has 26 heavy (non-hydrogen) atoms. The van der Waals surface area contributed by atoms with Gasteiger partial charge in [0.15, 0.2) is 6.10 Å². The topological polar surface area (TPSA) is 72.1 Å². The number of halogens is 1. The summed E-state index contributed by atoms with van der Waals surface area (Å²) in [4.78, 5) is 24.3. The molecule has 1 aliphatic heterocycles. The molecule has 0 saturated heterocycles. The molecule has 1 aromatic heterocycles. The van der Waals surface area contributed by atoms with Gasteiger partial charge in [-0.1, -0.05) is 30.7 Å². The minimum atomic E-state index is -0.923. The molecular weight excluding hydrogens is 356 g/mol. The molecule has 0 aliphatic carbocycles. The van der Waals surface area contributed by atoms with E-state index in [4.69, 9.17) is 20.8 Å². The number of rotatable bonds is 5. The zero-order chi connectivity index (χ0) is 18.7. The summed E-state index contributed by atoms with van der Waals surface area (Å²) in [6, 6.07) is 10.4. The molecule has 1 aromatic carbocycles. The molecule has 2 heterocycles. The molecule has 2 atom stereocenters. The van der Waals surface area contributed by atoms with Crippen LogP contribution in [0.1, 0.15) is 44.1 Å². The summed E-state index contributed by atoms with van der Waals surface area (Å²) < 4.78 is 10.6. The van der Waals surface area contributed by atoms with E-state index in [2.05, 4.69) is 5.10 Å². The molecule has 0 N–H and O–H groups in total. The van der Waals surface area contributed by atoms with Crippen molar-refractivity contribution in [1.29, 1.82) is 0 Å². The van der Waals surface area contributed by atoms with Crippen LogP contribution in [0.2, 0.25) is 5.02 Å². The molecule has 2 aromatic rings. The predicted octanol–water partition coefficient (Wildman–Crippen LogP) is 3.95. The summed E-state index contributed by atoms with van der Waals surface area (Å²) in [5.41, 5.74) is 1.62. The lowest BCUT2D eigenvalue weighted by Gasteiger charge is -2.23. The van der Waals surface area contributed by atoms with E-state index in [0.717, 1.165) is 11.3 Å². The highest BCUT2D eigenvalue weighted by Crippen LogP contribution is 2.34. The maximum Gasteiger partial charge on any atom is 0.306 e. The van der Waals surface area contributed by atoms with Crippen LogP contribution in [-0.2, 0) is 14.3 Å². The Hall–Kier alpha value is -2.60. The van der Waals surface area contributed by atoms with Crippen LogP contribution in [0.25, 0.3) is 0 Å². The number of ether oxygens (including phenoxy) is 1. The SMILES string of the molecule is CCC(=O)O[C@@H](C)C(=O)N1N=C(c2ccc(Cl)cc2)C[C@H]1c1ccco1. The Labute approximate surface area is 156 Å². The van der Waals surface area contributed by atoms with Crippen molar-refractivity contribution in [2.24, 2.45) is 5.10 Å². The highest BCUT2D eigenvalue weighted by molar-refractivity contribution is 6.30. The molecule has 0 unspecified atom stereocenters. The van der Waals surface area contributed by atoms with Gasteiger partial charge in [0.05, 0.1) is 12.0 Å². The summed E-state index contributed by atoms with van der Waals surface area (Å²) in [7, 11) is 0. The summed E-state index contributed by atoms with van der Waals surface area (Å²) in [6.07, 6.45) is 1.33. The van der Waals surface area contributed by atoms with Crippen LogP contribution >= 0.6 is 11.6 Å². The van der Waals surface area contributed by atoms with E-state index in [0.29, 0.717) is 17.2 Å². The Morgan fingerprint density at radius 3 is 2.69 bits per heavy atom. The van der Waals surface area contributed by atoms with E-state index in [9.17, 15) is 9.59 Å². The second kappa shape index (κ2) is 7.74. The lowest BCUT2D eigenvalue weighted by Crippen LogP contribution is -2.37. The first-order valence-electron chi connectivity index (χ1n) is 8.39. The minimum Gasteiger partial charge on any atom is -0.467 e. The lowest BCUT2D eigenvalue weighted by atomic mass is 10.0. The maximum absolute atomic E-state index is 12.8. The van der Waals surface area contributed by atoms with Crippen LogP contribution in [0.15, 0.2) is 52.2 Å². The Morgan fingerprint density at radius 1 is 1.35 bits per heavy atom. The van der Waals surface area contributed by atoms with Crippen LogP contribution in [0.5, 0.6) is 0 Å². The zero-order valence-corrected chi connectivity index (χ0v) is 15.3. The zero-order valence-electron chi connectivity index (χ0n) is 14.5. The van der Waals surface area contributed by atoms with Crippen LogP contribution in [-0.4, -0.2) is 28.7 Å². The monoisotopic (exact) mass is 374 g/mol. The van der Waals surface area contributed by atoms with E-state index in [1.807, 2.05) is 12.1 Å². The van der Waals surface area contributed by atoms with Crippen molar-refractivity contribution >= 4 is 29.2 Å². The average Bonchev–Trinajstić information content (AvgIpc) is 3.30. The summed E-state index contributed by atoms with van der Waals surface area (Å²) in [6.45, 7) is 3.22. The van der Waals surface area contributed by atoms with Gasteiger partial charge in [0.25, 0.3) is 5.91 Å². The molecule has 1 amide bonds. The summed E-state index contributed by atoms with van der Waals surface area (Å²) in [5.74, 6) is -0.196. The fourth-order valence-electron chi connectivity index (χ4n) is 2.75. The lowest BCUT2D eigenvalue weighted by molar-refractivity contribution is -0.159. The van der Waals surface area contributed by atoms with Gasteiger partial charge >= 0.3 is 5.97 Å². The molecule has 6 nitrogen and oxygen atoms in total. The number of amides is 1. The average molecular weight is 375 g/mol. The van der Waals surface area contributed by atoms with E-state index in [-0.39, 0.29) is 12.5 Å². The highest BCUT2D eigenvalue weighted by atomic mass is 35.5. The Bertz CT molecular complexity index is 815. The molecule has 7 heteroatoms. The third-order valence-electron chi connectivity index (χ3n) is 4.13. The molecule has 3 rings (SSSR count). The van der Waals surface area contributed by atoms with Crippen molar-refractivity contribution in [3.63, 3.8) is 0 Å². The molecule has 0 spiro atoms. The molecule has 136 valence electrons. The van der Waals surface area contributed by atoms with E-state index in [1.165, 1.54) is 5.01 Å². The normalized spacial score (nSPS) is 17.7.